The van der Waals surface area contributed by atoms with Crippen LogP contribution in [0.1, 0.15) is 13.3 Å². The molecule has 21 heavy (non-hydrogen) atoms. The second-order valence-electron chi connectivity index (χ2n) is 4.41. The molecule has 1 rings (SSSR count). The Morgan fingerprint density at radius 3 is 2.52 bits per heavy atom. The van der Waals surface area contributed by atoms with Crippen LogP contribution < -0.4 is 5.32 Å². The fraction of sp³-hybridized carbons (Fsp3) is 0.385. The number of aliphatic carboxylic acids is 1. The molecule has 2 N–H and O–H groups in total. The minimum Gasteiger partial charge on any atom is -0.481 e. The summed E-state index contributed by atoms with van der Waals surface area (Å²) in [6.07, 6.45) is -0.0982. The van der Waals surface area contributed by atoms with Gasteiger partial charge in [0.15, 0.2) is 0 Å². The average molecular weight is 323 g/mol. The van der Waals surface area contributed by atoms with Gasteiger partial charge in [-0.2, -0.15) is 0 Å². The second-order valence-corrected chi connectivity index (χ2v) is 4.41. The van der Waals surface area contributed by atoms with Gasteiger partial charge in [-0.3, -0.25) is 14.5 Å². The number of carboxylic acids is 1. The first-order chi connectivity index (χ1) is 9.31. The number of carboxylic acid groups (broad SMARTS) is 1. The van der Waals surface area contributed by atoms with Crippen molar-refractivity contribution in [3.05, 3.63) is 29.8 Å². The summed E-state index contributed by atoms with van der Waals surface area (Å²) in [4.78, 5) is 23.9. The first kappa shape index (κ1) is 19.3. The molecule has 0 aliphatic carbocycles. The Kier molecular flexibility index (Phi) is 7.83. The van der Waals surface area contributed by atoms with Crippen LogP contribution in [0.2, 0.25) is 0 Å². The molecule has 0 aliphatic heterocycles. The Morgan fingerprint density at radius 2 is 2.00 bits per heavy atom. The van der Waals surface area contributed by atoms with E-state index in [-0.39, 0.29) is 31.1 Å². The number of rotatable bonds is 6. The number of anilines is 1. The summed E-state index contributed by atoms with van der Waals surface area (Å²) < 4.78 is 26.1. The van der Waals surface area contributed by atoms with Crippen molar-refractivity contribution in [3.8, 4) is 0 Å². The minimum absolute atomic E-state index is 0. The molecule has 0 spiro atoms. The molecule has 8 heteroatoms. The van der Waals surface area contributed by atoms with E-state index in [0.29, 0.717) is 6.07 Å². The van der Waals surface area contributed by atoms with E-state index in [0.717, 1.165) is 12.1 Å². The summed E-state index contributed by atoms with van der Waals surface area (Å²) in [6, 6.07) is 2.21. The fourth-order valence-corrected chi connectivity index (χ4v) is 1.49. The molecule has 0 saturated carbocycles. The molecule has 1 unspecified atom stereocenters. The summed E-state index contributed by atoms with van der Waals surface area (Å²) in [7, 11) is 1.59. The molecule has 1 aromatic rings. The minimum atomic E-state index is -0.964. The number of nitrogens with zero attached hydrogens (tertiary/aromatic N) is 1. The quantitative estimate of drug-likeness (QED) is 0.841. The highest BCUT2D eigenvalue weighted by Gasteiger charge is 2.19. The molecule has 1 aromatic carbocycles. The molecule has 1 atom stereocenters. The van der Waals surface area contributed by atoms with Crippen LogP contribution in [0.5, 0.6) is 0 Å². The molecule has 0 heterocycles. The zero-order chi connectivity index (χ0) is 15.3. The fourth-order valence-electron chi connectivity index (χ4n) is 1.49. The summed E-state index contributed by atoms with van der Waals surface area (Å²) >= 11 is 0. The number of nitrogens with one attached hydrogen (secondary N) is 1. The third-order valence-electron chi connectivity index (χ3n) is 2.91. The van der Waals surface area contributed by atoms with Crippen molar-refractivity contribution in [2.24, 2.45) is 0 Å². The molecule has 0 radical (unpaired) electrons. The van der Waals surface area contributed by atoms with Gasteiger partial charge in [0.05, 0.1) is 18.2 Å². The lowest BCUT2D eigenvalue weighted by Crippen LogP contribution is -2.40. The number of carbonyl (C=O) groups excluding carboxylic acids is 1. The summed E-state index contributed by atoms with van der Waals surface area (Å²) in [5.41, 5.74) is -0.116. The van der Waals surface area contributed by atoms with Gasteiger partial charge < -0.3 is 10.4 Å². The van der Waals surface area contributed by atoms with E-state index < -0.39 is 29.6 Å². The molecule has 118 valence electrons. The van der Waals surface area contributed by atoms with Crippen molar-refractivity contribution in [2.45, 2.75) is 19.4 Å². The Labute approximate surface area is 127 Å². The van der Waals surface area contributed by atoms with Crippen molar-refractivity contribution < 1.29 is 23.5 Å². The van der Waals surface area contributed by atoms with Gasteiger partial charge >= 0.3 is 5.97 Å². The van der Waals surface area contributed by atoms with Crippen LogP contribution >= 0.6 is 12.4 Å². The maximum absolute atomic E-state index is 13.4. The van der Waals surface area contributed by atoms with Gasteiger partial charge in [-0.1, -0.05) is 0 Å². The van der Waals surface area contributed by atoms with Gasteiger partial charge in [0.25, 0.3) is 0 Å². The van der Waals surface area contributed by atoms with Gasteiger partial charge in [-0.25, -0.2) is 8.78 Å². The molecule has 5 nitrogen and oxygen atoms in total. The maximum Gasteiger partial charge on any atom is 0.304 e. The first-order valence-corrected chi connectivity index (χ1v) is 5.99. The van der Waals surface area contributed by atoms with Crippen LogP contribution in [-0.4, -0.2) is 41.5 Å². The van der Waals surface area contributed by atoms with E-state index in [4.69, 9.17) is 5.11 Å². The van der Waals surface area contributed by atoms with E-state index in [1.54, 1.807) is 14.0 Å². The van der Waals surface area contributed by atoms with Crippen molar-refractivity contribution in [2.75, 3.05) is 18.9 Å². The normalized spacial score (nSPS) is 11.7. The molecule has 0 aliphatic rings. The number of carbonyl (C=O) groups is 2. The first-order valence-electron chi connectivity index (χ1n) is 5.99. The smallest absolute Gasteiger partial charge is 0.304 e. The van der Waals surface area contributed by atoms with E-state index in [1.807, 2.05) is 0 Å². The molecular formula is C13H17ClF2N2O3. The van der Waals surface area contributed by atoms with Crippen molar-refractivity contribution in [1.29, 1.82) is 0 Å². The van der Waals surface area contributed by atoms with Gasteiger partial charge in [0.2, 0.25) is 5.91 Å². The number of hydrogen-bond donors (Lipinski definition) is 2. The Balaban J connectivity index is 0.00000400. The van der Waals surface area contributed by atoms with Gasteiger partial charge in [-0.05, 0) is 26.1 Å². The molecular weight excluding hydrogens is 306 g/mol. The molecule has 0 saturated heterocycles. The lowest BCUT2D eigenvalue weighted by atomic mass is 10.2. The highest BCUT2D eigenvalue weighted by atomic mass is 35.5. The van der Waals surface area contributed by atoms with Gasteiger partial charge in [0, 0.05) is 12.6 Å². The largest absolute Gasteiger partial charge is 0.481 e. The number of halogens is 3. The lowest BCUT2D eigenvalue weighted by molar-refractivity contribution is -0.137. The predicted molar refractivity (Wildman–Crippen MR) is 76.6 cm³/mol. The zero-order valence-electron chi connectivity index (χ0n) is 11.6. The van der Waals surface area contributed by atoms with E-state index in [2.05, 4.69) is 5.32 Å². The Morgan fingerprint density at radius 1 is 1.38 bits per heavy atom. The van der Waals surface area contributed by atoms with Crippen LogP contribution in [0.15, 0.2) is 18.2 Å². The topological polar surface area (TPSA) is 69.6 Å². The van der Waals surface area contributed by atoms with Crippen LogP contribution in [-0.2, 0) is 9.59 Å². The predicted octanol–water partition coefficient (Wildman–Crippen LogP) is 2.12. The standard InChI is InChI=1S/C13H16F2N2O3.ClH/c1-8(17(2)6-5-12(18)19)13(20)16-11-4-3-9(14)7-10(11)15;/h3-4,7-8H,5-6H2,1-2H3,(H,16,20)(H,18,19);1H. The average Bonchev–Trinajstić information content (AvgIpc) is 2.38. The third-order valence-corrected chi connectivity index (χ3v) is 2.91. The molecule has 0 aromatic heterocycles. The van der Waals surface area contributed by atoms with E-state index >= 15 is 0 Å². The number of amides is 1. The maximum atomic E-state index is 13.4. The molecule has 0 fully saturated rings. The number of likely N-dealkylation sites (N-methyl/N-ethyl adjacent to an activating group) is 1. The van der Waals surface area contributed by atoms with Crippen molar-refractivity contribution in [3.63, 3.8) is 0 Å². The Hall–Kier alpha value is -1.73. The monoisotopic (exact) mass is 322 g/mol. The van der Waals surface area contributed by atoms with Crippen LogP contribution in [0, 0.1) is 11.6 Å². The van der Waals surface area contributed by atoms with Crippen LogP contribution in [0.3, 0.4) is 0 Å². The molecule has 0 bridgehead atoms. The highest BCUT2D eigenvalue weighted by Crippen LogP contribution is 2.15. The SMILES string of the molecule is CC(C(=O)Nc1ccc(F)cc1F)N(C)CCC(=O)O.Cl. The summed E-state index contributed by atoms with van der Waals surface area (Å²) in [5.74, 6) is -3.05. The van der Waals surface area contributed by atoms with Crippen LogP contribution in [0.25, 0.3) is 0 Å². The van der Waals surface area contributed by atoms with Crippen LogP contribution in [0.4, 0.5) is 14.5 Å². The Bertz CT molecular complexity index is 514. The zero-order valence-corrected chi connectivity index (χ0v) is 12.4. The number of hydrogen-bond acceptors (Lipinski definition) is 3. The number of benzene rings is 1. The third kappa shape index (κ3) is 6.05. The molecule has 1 amide bonds. The lowest BCUT2D eigenvalue weighted by Gasteiger charge is -2.23. The second kappa shape index (κ2) is 8.53. The van der Waals surface area contributed by atoms with Crippen molar-refractivity contribution >= 4 is 30.0 Å². The highest BCUT2D eigenvalue weighted by molar-refractivity contribution is 5.94. The van der Waals surface area contributed by atoms with Crippen molar-refractivity contribution in [1.82, 2.24) is 4.90 Å². The van der Waals surface area contributed by atoms with E-state index in [9.17, 15) is 18.4 Å². The summed E-state index contributed by atoms with van der Waals surface area (Å²) in [6.45, 7) is 1.76. The summed E-state index contributed by atoms with van der Waals surface area (Å²) in [5, 5.41) is 10.9. The van der Waals surface area contributed by atoms with E-state index in [1.165, 1.54) is 4.90 Å². The van der Waals surface area contributed by atoms with Gasteiger partial charge in [-0.15, -0.1) is 12.4 Å². The van der Waals surface area contributed by atoms with Gasteiger partial charge in [0.1, 0.15) is 11.6 Å².